The molecule has 9 rings (SSSR count). The van der Waals surface area contributed by atoms with Gasteiger partial charge in [0.05, 0.1) is 11.4 Å². The van der Waals surface area contributed by atoms with E-state index in [1.807, 2.05) is 60.7 Å². The van der Waals surface area contributed by atoms with Crippen molar-refractivity contribution in [2.75, 3.05) is 0 Å². The lowest BCUT2D eigenvalue weighted by molar-refractivity contribution is 1.18. The summed E-state index contributed by atoms with van der Waals surface area (Å²) in [6, 6.07) is 49.0. The second kappa shape index (κ2) is 11.0. The molecule has 1 aromatic heterocycles. The lowest BCUT2D eigenvalue weighted by Crippen LogP contribution is -1.98. The molecule has 6 heteroatoms. The minimum absolute atomic E-state index is 0.0645. The van der Waals surface area contributed by atoms with Gasteiger partial charge in [0.25, 0.3) is 0 Å². The number of nitrogens with zero attached hydrogens (tertiary/aromatic N) is 6. The van der Waals surface area contributed by atoms with E-state index in [2.05, 4.69) is 84.9 Å². The maximum Gasteiger partial charge on any atom is 0.139 e. The van der Waals surface area contributed by atoms with Crippen molar-refractivity contribution in [1.29, 1.82) is 21.0 Å². The van der Waals surface area contributed by atoms with Crippen molar-refractivity contribution in [2.45, 2.75) is 0 Å². The summed E-state index contributed by atoms with van der Waals surface area (Å²) >= 11 is 0. The van der Waals surface area contributed by atoms with Crippen LogP contribution in [0.5, 0.6) is 0 Å². The predicted molar refractivity (Wildman–Crippen MR) is 193 cm³/mol. The van der Waals surface area contributed by atoms with E-state index in [-0.39, 0.29) is 11.1 Å². The highest BCUT2D eigenvalue weighted by Gasteiger charge is 2.36. The van der Waals surface area contributed by atoms with Crippen LogP contribution >= 0.6 is 0 Å². The van der Waals surface area contributed by atoms with Crippen LogP contribution in [0.4, 0.5) is 0 Å². The van der Waals surface area contributed by atoms with E-state index in [4.69, 9.17) is 9.97 Å². The lowest BCUT2D eigenvalue weighted by Gasteiger charge is -2.08. The number of hydrogen-bond donors (Lipinski definition) is 0. The fraction of sp³-hybridized carbons (Fsp3) is 0. The summed E-state index contributed by atoms with van der Waals surface area (Å²) in [5.41, 5.74) is 9.21. The highest BCUT2D eigenvalue weighted by molar-refractivity contribution is 6.07. The number of allylic oxidation sites excluding steroid dienone is 2. The van der Waals surface area contributed by atoms with Crippen LogP contribution in [0.2, 0.25) is 0 Å². The molecule has 2 aliphatic rings. The summed E-state index contributed by atoms with van der Waals surface area (Å²) in [4.78, 5) is 10.2. The summed E-state index contributed by atoms with van der Waals surface area (Å²) in [5.74, 6) is 0. The number of nitriles is 4. The number of fused-ring (bicyclic) bond motifs is 8. The number of hydrogen-bond acceptors (Lipinski definition) is 6. The highest BCUT2D eigenvalue weighted by Crippen LogP contribution is 2.51. The van der Waals surface area contributed by atoms with Gasteiger partial charge in [-0.25, -0.2) is 9.97 Å². The molecule has 0 N–H and O–H groups in total. The van der Waals surface area contributed by atoms with Gasteiger partial charge in [0.1, 0.15) is 46.8 Å². The molecule has 0 unspecified atom stereocenters. The van der Waals surface area contributed by atoms with Crippen molar-refractivity contribution in [2.24, 2.45) is 0 Å². The van der Waals surface area contributed by atoms with Crippen molar-refractivity contribution >= 4 is 32.7 Å². The largest absolute Gasteiger partial charge is 0.243 e. The lowest BCUT2D eigenvalue weighted by atomic mass is 9.95. The molecular weight excluding hydrogens is 613 g/mol. The maximum atomic E-state index is 10.1. The minimum Gasteiger partial charge on any atom is -0.243 e. The third kappa shape index (κ3) is 4.18. The molecule has 0 saturated carbocycles. The standard InChI is InChI=1S/C44H20N6/c45-21-33(22-46)39-37-19-31(29-11-9-25-5-1-3-7-27(25)17-29)13-15-35(37)41-43(39)50-42-36-16-14-32(30-12-10-26-6-2-4-8-28(26)18-30)20-38(36)40(44(42)49-41)34(23-47)24-48/h1-20H. The molecule has 226 valence electrons. The van der Waals surface area contributed by atoms with Gasteiger partial charge in [-0.15, -0.1) is 0 Å². The molecule has 0 aliphatic heterocycles. The van der Waals surface area contributed by atoms with E-state index in [0.717, 1.165) is 54.9 Å². The van der Waals surface area contributed by atoms with E-state index >= 15 is 0 Å². The zero-order valence-corrected chi connectivity index (χ0v) is 26.2. The Kier molecular flexibility index (Phi) is 6.27. The molecule has 0 saturated heterocycles. The van der Waals surface area contributed by atoms with Gasteiger partial charge >= 0.3 is 0 Å². The smallest absolute Gasteiger partial charge is 0.139 e. The average molecular weight is 633 g/mol. The molecule has 0 bridgehead atoms. The van der Waals surface area contributed by atoms with E-state index < -0.39 is 0 Å². The second-order valence-corrected chi connectivity index (χ2v) is 12.2. The number of benzene rings is 6. The van der Waals surface area contributed by atoms with Crippen LogP contribution in [0.25, 0.3) is 77.5 Å². The van der Waals surface area contributed by atoms with Gasteiger partial charge in [-0.3, -0.25) is 0 Å². The Hall–Kier alpha value is -7.64. The minimum atomic E-state index is -0.0645. The number of rotatable bonds is 2. The molecule has 0 radical (unpaired) electrons. The Morgan fingerprint density at radius 2 is 0.720 bits per heavy atom. The fourth-order valence-electron chi connectivity index (χ4n) is 7.21. The van der Waals surface area contributed by atoms with Crippen LogP contribution in [0.15, 0.2) is 132 Å². The van der Waals surface area contributed by atoms with Gasteiger partial charge in [-0.2, -0.15) is 21.0 Å². The summed E-state index contributed by atoms with van der Waals surface area (Å²) in [6.07, 6.45) is 0. The SMILES string of the molecule is N#CC(C#N)=C1c2cc(-c3ccc4ccccc4c3)ccc2-c2nc3c(nc21)-c1ccc(-c2ccc4ccccc4c2)cc1C3=C(C#N)C#N. The molecule has 50 heavy (non-hydrogen) atoms. The molecule has 0 amide bonds. The first kappa shape index (κ1) is 28.6. The third-order valence-corrected chi connectivity index (χ3v) is 9.57. The van der Waals surface area contributed by atoms with E-state index in [1.54, 1.807) is 0 Å². The summed E-state index contributed by atoms with van der Waals surface area (Å²) in [5, 5.41) is 44.9. The molecule has 0 fully saturated rings. The first-order chi connectivity index (χ1) is 24.6. The Morgan fingerprint density at radius 1 is 0.360 bits per heavy atom. The number of aromatic nitrogens is 2. The zero-order valence-electron chi connectivity index (χ0n) is 26.2. The van der Waals surface area contributed by atoms with Crippen LogP contribution in [0, 0.1) is 45.3 Å². The first-order valence-electron chi connectivity index (χ1n) is 15.9. The molecule has 0 spiro atoms. The van der Waals surface area contributed by atoms with E-state index in [1.165, 1.54) is 0 Å². The molecule has 0 atom stereocenters. The van der Waals surface area contributed by atoms with Crippen molar-refractivity contribution in [3.05, 3.63) is 155 Å². The monoisotopic (exact) mass is 632 g/mol. The Morgan fingerprint density at radius 3 is 1.12 bits per heavy atom. The summed E-state index contributed by atoms with van der Waals surface area (Å²) in [6.45, 7) is 0. The normalized spacial score (nSPS) is 11.8. The molecular formula is C44H20N6. The van der Waals surface area contributed by atoms with Crippen molar-refractivity contribution in [1.82, 2.24) is 9.97 Å². The summed E-state index contributed by atoms with van der Waals surface area (Å²) in [7, 11) is 0. The molecule has 6 nitrogen and oxygen atoms in total. The van der Waals surface area contributed by atoms with Gasteiger partial charge in [0, 0.05) is 22.3 Å². The topological polar surface area (TPSA) is 121 Å². The van der Waals surface area contributed by atoms with Gasteiger partial charge in [-0.05, 0) is 79.2 Å². The Labute approximate surface area is 287 Å². The highest BCUT2D eigenvalue weighted by atomic mass is 14.9. The average Bonchev–Trinajstić information content (AvgIpc) is 3.65. The second-order valence-electron chi connectivity index (χ2n) is 12.2. The van der Waals surface area contributed by atoms with Crippen molar-refractivity contribution in [3.63, 3.8) is 0 Å². The quantitative estimate of drug-likeness (QED) is 0.175. The molecule has 7 aromatic rings. The van der Waals surface area contributed by atoms with E-state index in [9.17, 15) is 21.0 Å². The van der Waals surface area contributed by atoms with Gasteiger partial charge in [-0.1, -0.05) is 97.1 Å². The predicted octanol–water partition coefficient (Wildman–Crippen LogP) is 9.78. The molecule has 2 aliphatic carbocycles. The van der Waals surface area contributed by atoms with Gasteiger partial charge < -0.3 is 0 Å². The van der Waals surface area contributed by atoms with Crippen LogP contribution < -0.4 is 0 Å². The zero-order chi connectivity index (χ0) is 33.9. The van der Waals surface area contributed by atoms with Crippen molar-refractivity contribution in [3.8, 4) is 69.0 Å². The van der Waals surface area contributed by atoms with Crippen molar-refractivity contribution < 1.29 is 0 Å². The summed E-state index contributed by atoms with van der Waals surface area (Å²) < 4.78 is 0. The van der Waals surface area contributed by atoms with E-state index in [0.29, 0.717) is 45.0 Å². The molecule has 6 aromatic carbocycles. The third-order valence-electron chi connectivity index (χ3n) is 9.57. The molecule has 1 heterocycles. The van der Waals surface area contributed by atoms with Gasteiger partial charge in [0.2, 0.25) is 0 Å². The Bertz CT molecular complexity index is 2690. The van der Waals surface area contributed by atoms with Gasteiger partial charge in [0.15, 0.2) is 0 Å². The van der Waals surface area contributed by atoms with Crippen LogP contribution in [0.3, 0.4) is 0 Å². The fourth-order valence-corrected chi connectivity index (χ4v) is 7.21. The Balaban J connectivity index is 1.24. The first-order valence-corrected chi connectivity index (χ1v) is 15.9. The van der Waals surface area contributed by atoms with Crippen LogP contribution in [-0.4, -0.2) is 9.97 Å². The van der Waals surface area contributed by atoms with Crippen LogP contribution in [0.1, 0.15) is 22.5 Å². The maximum absolute atomic E-state index is 10.1. The van der Waals surface area contributed by atoms with Crippen LogP contribution in [-0.2, 0) is 0 Å².